The van der Waals surface area contributed by atoms with Crippen LogP contribution in [-0.4, -0.2) is 56.3 Å². The smallest absolute Gasteiger partial charge is 0.254 e. The maximum Gasteiger partial charge on any atom is 0.254 e. The fraction of sp³-hybridized carbons (Fsp3) is 0.400. The number of fused-ring (bicyclic) bond motifs is 1. The standard InChI is InChI=1S/C25H30N2O4/c1-5-19-20-13-17(25(28)27-12-6-7-18(27)15-29-2)8-10-21(20)26-24(19)16-9-11-22(30-3)23(14-16)31-4/h8-11,13-14,18,26H,5-7,12,15H2,1-4H3/t18-/m0/s1. The van der Waals surface area contributed by atoms with Crippen LogP contribution in [0, 0.1) is 0 Å². The Bertz CT molecular complexity index is 1090. The topological polar surface area (TPSA) is 63.8 Å². The van der Waals surface area contributed by atoms with Gasteiger partial charge in [0, 0.05) is 41.4 Å². The zero-order chi connectivity index (χ0) is 22.0. The van der Waals surface area contributed by atoms with Crippen LogP contribution in [0.25, 0.3) is 22.2 Å². The van der Waals surface area contributed by atoms with E-state index in [2.05, 4.69) is 11.9 Å². The number of aromatic nitrogens is 1. The number of aromatic amines is 1. The minimum atomic E-state index is 0.0809. The largest absolute Gasteiger partial charge is 0.493 e. The van der Waals surface area contributed by atoms with Crippen LogP contribution in [-0.2, 0) is 11.2 Å². The predicted molar refractivity (Wildman–Crippen MR) is 122 cm³/mol. The van der Waals surface area contributed by atoms with Crippen LogP contribution in [0.3, 0.4) is 0 Å². The van der Waals surface area contributed by atoms with Crippen LogP contribution < -0.4 is 9.47 Å². The van der Waals surface area contributed by atoms with Gasteiger partial charge in [0.25, 0.3) is 5.91 Å². The van der Waals surface area contributed by atoms with Crippen molar-refractivity contribution in [2.45, 2.75) is 32.2 Å². The average molecular weight is 423 g/mol. The molecule has 1 aliphatic rings. The summed E-state index contributed by atoms with van der Waals surface area (Å²) in [5.74, 6) is 1.47. The first-order valence-corrected chi connectivity index (χ1v) is 10.8. The lowest BCUT2D eigenvalue weighted by Gasteiger charge is -2.24. The third kappa shape index (κ3) is 3.88. The molecule has 1 aromatic heterocycles. The molecule has 0 unspecified atom stereocenters. The van der Waals surface area contributed by atoms with Crippen molar-refractivity contribution in [3.05, 3.63) is 47.5 Å². The molecule has 6 heteroatoms. The number of likely N-dealkylation sites (tertiary alicyclic amines) is 1. The van der Waals surface area contributed by atoms with E-state index < -0.39 is 0 Å². The summed E-state index contributed by atoms with van der Waals surface area (Å²) < 4.78 is 16.2. The van der Waals surface area contributed by atoms with Crippen molar-refractivity contribution in [1.82, 2.24) is 9.88 Å². The lowest BCUT2D eigenvalue weighted by molar-refractivity contribution is 0.0631. The lowest BCUT2D eigenvalue weighted by atomic mass is 10.0. The van der Waals surface area contributed by atoms with Crippen molar-refractivity contribution < 1.29 is 19.0 Å². The second-order valence-corrected chi connectivity index (χ2v) is 7.91. The number of H-pyrrole nitrogens is 1. The van der Waals surface area contributed by atoms with Gasteiger partial charge in [-0.2, -0.15) is 0 Å². The van der Waals surface area contributed by atoms with Gasteiger partial charge in [-0.3, -0.25) is 4.79 Å². The van der Waals surface area contributed by atoms with Gasteiger partial charge in [0.05, 0.1) is 26.9 Å². The number of carbonyl (C=O) groups excluding carboxylic acids is 1. The normalized spacial score (nSPS) is 16.1. The number of amides is 1. The quantitative estimate of drug-likeness (QED) is 0.601. The van der Waals surface area contributed by atoms with Crippen molar-refractivity contribution in [3.8, 4) is 22.8 Å². The molecular weight excluding hydrogens is 392 g/mol. The molecule has 164 valence electrons. The fourth-order valence-electron chi connectivity index (χ4n) is 4.62. The van der Waals surface area contributed by atoms with Gasteiger partial charge in [-0.05, 0) is 61.2 Å². The SMILES string of the molecule is CCc1c(-c2ccc(OC)c(OC)c2)[nH]c2ccc(C(=O)N3CCC[C@H]3COC)cc12. The molecule has 6 nitrogen and oxygen atoms in total. The number of benzene rings is 2. The first-order valence-electron chi connectivity index (χ1n) is 10.8. The molecule has 1 aliphatic heterocycles. The van der Waals surface area contributed by atoms with Crippen LogP contribution >= 0.6 is 0 Å². The number of nitrogens with zero attached hydrogens (tertiary/aromatic N) is 1. The van der Waals surface area contributed by atoms with Gasteiger partial charge in [0.2, 0.25) is 0 Å². The molecule has 3 aromatic rings. The van der Waals surface area contributed by atoms with Gasteiger partial charge in [0.15, 0.2) is 11.5 Å². The summed E-state index contributed by atoms with van der Waals surface area (Å²) in [6.07, 6.45) is 2.86. The van der Waals surface area contributed by atoms with E-state index in [1.54, 1.807) is 21.3 Å². The minimum Gasteiger partial charge on any atom is -0.493 e. The van der Waals surface area contributed by atoms with Gasteiger partial charge in [-0.1, -0.05) is 6.92 Å². The maximum absolute atomic E-state index is 13.2. The van der Waals surface area contributed by atoms with Gasteiger partial charge in [0.1, 0.15) is 0 Å². The van der Waals surface area contributed by atoms with Crippen LogP contribution in [0.2, 0.25) is 0 Å². The molecule has 1 saturated heterocycles. The van der Waals surface area contributed by atoms with E-state index in [0.29, 0.717) is 18.1 Å². The van der Waals surface area contributed by atoms with Crippen molar-refractivity contribution >= 4 is 16.8 Å². The number of ether oxygens (including phenoxy) is 3. The van der Waals surface area contributed by atoms with E-state index in [4.69, 9.17) is 14.2 Å². The van der Waals surface area contributed by atoms with E-state index in [9.17, 15) is 4.79 Å². The Morgan fingerprint density at radius 2 is 1.90 bits per heavy atom. The third-order valence-corrected chi connectivity index (χ3v) is 6.18. The van der Waals surface area contributed by atoms with E-state index in [0.717, 1.165) is 53.5 Å². The average Bonchev–Trinajstić information content (AvgIpc) is 3.42. The second kappa shape index (κ2) is 9.02. The predicted octanol–water partition coefficient (Wildman–Crippen LogP) is 4.67. The number of carbonyl (C=O) groups is 1. The highest BCUT2D eigenvalue weighted by Gasteiger charge is 2.29. The van der Waals surface area contributed by atoms with Crippen LogP contribution in [0.1, 0.15) is 35.7 Å². The molecule has 1 N–H and O–H groups in total. The molecule has 2 heterocycles. The molecule has 0 bridgehead atoms. The molecule has 31 heavy (non-hydrogen) atoms. The Morgan fingerprint density at radius 1 is 1.10 bits per heavy atom. The van der Waals surface area contributed by atoms with E-state index in [1.165, 1.54) is 5.56 Å². The number of rotatable bonds is 7. The van der Waals surface area contributed by atoms with Gasteiger partial charge in [-0.25, -0.2) is 0 Å². The molecule has 0 spiro atoms. The molecule has 2 aromatic carbocycles. The number of aryl methyl sites for hydroxylation is 1. The van der Waals surface area contributed by atoms with Crippen molar-refractivity contribution in [1.29, 1.82) is 0 Å². The number of methoxy groups -OCH3 is 3. The van der Waals surface area contributed by atoms with E-state index >= 15 is 0 Å². The summed E-state index contributed by atoms with van der Waals surface area (Å²) in [6, 6.07) is 12.0. The van der Waals surface area contributed by atoms with Gasteiger partial charge >= 0.3 is 0 Å². The number of nitrogens with one attached hydrogen (secondary N) is 1. The maximum atomic E-state index is 13.2. The Hall–Kier alpha value is -2.99. The first kappa shape index (κ1) is 21.2. The van der Waals surface area contributed by atoms with Crippen molar-refractivity contribution in [2.75, 3.05) is 34.5 Å². The van der Waals surface area contributed by atoms with Gasteiger partial charge in [-0.15, -0.1) is 0 Å². The first-order chi connectivity index (χ1) is 15.1. The van der Waals surface area contributed by atoms with Crippen molar-refractivity contribution in [2.24, 2.45) is 0 Å². The van der Waals surface area contributed by atoms with Crippen LogP contribution in [0.15, 0.2) is 36.4 Å². The van der Waals surface area contributed by atoms with Crippen molar-refractivity contribution in [3.63, 3.8) is 0 Å². The minimum absolute atomic E-state index is 0.0809. The summed E-state index contributed by atoms with van der Waals surface area (Å²) in [5, 5.41) is 1.08. The second-order valence-electron chi connectivity index (χ2n) is 7.91. The Morgan fingerprint density at radius 3 is 2.61 bits per heavy atom. The highest BCUT2D eigenvalue weighted by atomic mass is 16.5. The highest BCUT2D eigenvalue weighted by Crippen LogP contribution is 2.36. The zero-order valence-electron chi connectivity index (χ0n) is 18.7. The molecule has 1 atom stereocenters. The molecule has 1 amide bonds. The number of hydrogen-bond donors (Lipinski definition) is 1. The molecule has 4 rings (SSSR count). The highest BCUT2D eigenvalue weighted by molar-refractivity contribution is 6.00. The monoisotopic (exact) mass is 422 g/mol. The van der Waals surface area contributed by atoms with Gasteiger partial charge < -0.3 is 24.1 Å². The lowest BCUT2D eigenvalue weighted by Crippen LogP contribution is -2.38. The molecule has 1 fully saturated rings. The zero-order valence-corrected chi connectivity index (χ0v) is 18.7. The van der Waals surface area contributed by atoms with E-state index in [1.807, 2.05) is 41.3 Å². The molecule has 0 radical (unpaired) electrons. The Kier molecular flexibility index (Phi) is 6.18. The summed E-state index contributed by atoms with van der Waals surface area (Å²) in [5.41, 5.74) is 5.00. The molecular formula is C25H30N2O4. The summed E-state index contributed by atoms with van der Waals surface area (Å²) in [7, 11) is 4.96. The Balaban J connectivity index is 1.73. The van der Waals surface area contributed by atoms with Crippen LogP contribution in [0.5, 0.6) is 11.5 Å². The molecule has 0 aliphatic carbocycles. The fourth-order valence-corrected chi connectivity index (χ4v) is 4.62. The summed E-state index contributed by atoms with van der Waals surface area (Å²) in [6.45, 7) is 3.51. The summed E-state index contributed by atoms with van der Waals surface area (Å²) in [4.78, 5) is 18.7. The number of hydrogen-bond acceptors (Lipinski definition) is 4. The Labute approximate surface area is 183 Å². The molecule has 0 saturated carbocycles. The van der Waals surface area contributed by atoms with Crippen LogP contribution in [0.4, 0.5) is 0 Å². The van der Waals surface area contributed by atoms with E-state index in [-0.39, 0.29) is 11.9 Å². The summed E-state index contributed by atoms with van der Waals surface area (Å²) >= 11 is 0. The third-order valence-electron chi connectivity index (χ3n) is 6.18.